The highest BCUT2D eigenvalue weighted by Crippen LogP contribution is 2.12. The van der Waals surface area contributed by atoms with Crippen LogP contribution in [0.15, 0.2) is 134 Å². The van der Waals surface area contributed by atoms with E-state index in [0.29, 0.717) is 19.3 Å². The molecule has 0 bridgehead atoms. The lowest BCUT2D eigenvalue weighted by molar-refractivity contribution is -0.167. The summed E-state index contributed by atoms with van der Waals surface area (Å²) in [6, 6.07) is 0. The van der Waals surface area contributed by atoms with Crippen LogP contribution in [0.4, 0.5) is 0 Å². The summed E-state index contributed by atoms with van der Waals surface area (Å²) >= 11 is 0. The van der Waals surface area contributed by atoms with Crippen LogP contribution in [0, 0.1) is 0 Å². The number of rotatable bonds is 49. The van der Waals surface area contributed by atoms with E-state index in [0.717, 1.165) is 89.9 Å². The van der Waals surface area contributed by atoms with Gasteiger partial charge in [0.25, 0.3) is 0 Å². The van der Waals surface area contributed by atoms with E-state index in [9.17, 15) is 14.4 Å². The zero-order chi connectivity index (χ0) is 50.7. The van der Waals surface area contributed by atoms with Crippen LogP contribution in [0.25, 0.3) is 0 Å². The van der Waals surface area contributed by atoms with Crippen LogP contribution >= 0.6 is 0 Å². The van der Waals surface area contributed by atoms with E-state index < -0.39 is 6.10 Å². The average molecular weight is 968 g/mol. The van der Waals surface area contributed by atoms with Gasteiger partial charge in [0.15, 0.2) is 6.10 Å². The Kier molecular flexibility index (Phi) is 53.5. The summed E-state index contributed by atoms with van der Waals surface area (Å²) in [6.45, 7) is 6.44. The van der Waals surface area contributed by atoms with Gasteiger partial charge in [0.1, 0.15) is 13.2 Å². The second kappa shape index (κ2) is 57.1. The van der Waals surface area contributed by atoms with Gasteiger partial charge in [0.2, 0.25) is 0 Å². The number of carbonyl (C=O) groups excluding carboxylic acids is 3. The van der Waals surface area contributed by atoms with Gasteiger partial charge in [-0.05, 0) is 116 Å². The van der Waals surface area contributed by atoms with Gasteiger partial charge in [-0.2, -0.15) is 0 Å². The van der Waals surface area contributed by atoms with Gasteiger partial charge in [0.05, 0.1) is 0 Å². The molecule has 0 saturated carbocycles. The van der Waals surface area contributed by atoms with Gasteiger partial charge in [-0.15, -0.1) is 0 Å². The van der Waals surface area contributed by atoms with Gasteiger partial charge in [0, 0.05) is 19.3 Å². The molecule has 0 amide bonds. The standard InChI is InChI=1S/C64H102O6/c1-4-7-10-13-16-19-22-25-28-31-34-36-39-42-45-48-51-54-57-63(66)69-60-61(70-64(67)58-55-52-49-46-43-40-37-33-30-27-24-21-18-15-12-9-6-3)59-68-62(65)56-53-50-47-44-41-38-35-32-29-26-23-20-17-14-11-8-5-2/h16,18-19,21-22,25-31,34-38,40,44,46-47,49,61H,4-15,17,20,23-24,32-33,39,41-43,45,48,50-60H2,1-3H3/b19-16-,21-18-,25-22-,29-26-,30-27-,31-28-,36-34-,38-35-,40-37-,47-44-,49-46-. The Morgan fingerprint density at radius 1 is 0.300 bits per heavy atom. The van der Waals surface area contributed by atoms with Gasteiger partial charge in [-0.1, -0.05) is 231 Å². The van der Waals surface area contributed by atoms with Crippen LogP contribution in [0.3, 0.4) is 0 Å². The third-order valence-corrected chi connectivity index (χ3v) is 11.4. The molecule has 1 unspecified atom stereocenters. The minimum Gasteiger partial charge on any atom is -0.462 e. The predicted octanol–water partition coefficient (Wildman–Crippen LogP) is 19.0. The SMILES string of the molecule is CCCCC\C=C/C=C\C=C/C=C\CCCCCCCC(=O)OCC(COC(=O)CCC/C=C\C/C=C\C/C=C\CCCCCCCC)OC(=O)CCC/C=C\C/C=C\C/C=C\C/C=C\CCCCC. The molecule has 6 nitrogen and oxygen atoms in total. The molecule has 0 aliphatic heterocycles. The first kappa shape index (κ1) is 65.5. The molecular weight excluding hydrogens is 865 g/mol. The molecule has 0 saturated heterocycles. The van der Waals surface area contributed by atoms with E-state index in [1.807, 2.05) is 0 Å². The van der Waals surface area contributed by atoms with Crippen LogP contribution in [0.2, 0.25) is 0 Å². The van der Waals surface area contributed by atoms with Crippen molar-refractivity contribution in [3.05, 3.63) is 134 Å². The molecule has 0 N–H and O–H groups in total. The molecule has 0 aromatic rings. The molecule has 0 radical (unpaired) electrons. The Labute approximate surface area is 430 Å². The van der Waals surface area contributed by atoms with Crippen molar-refractivity contribution in [1.29, 1.82) is 0 Å². The van der Waals surface area contributed by atoms with Crippen LogP contribution in [-0.4, -0.2) is 37.2 Å². The molecule has 0 aliphatic rings. The maximum absolute atomic E-state index is 12.8. The van der Waals surface area contributed by atoms with E-state index in [2.05, 4.69) is 154 Å². The molecule has 0 aromatic carbocycles. The van der Waals surface area contributed by atoms with Gasteiger partial charge in [-0.3, -0.25) is 14.4 Å². The van der Waals surface area contributed by atoms with E-state index in [-0.39, 0.29) is 44.0 Å². The smallest absolute Gasteiger partial charge is 0.306 e. The van der Waals surface area contributed by atoms with Crippen molar-refractivity contribution >= 4 is 17.9 Å². The van der Waals surface area contributed by atoms with E-state index in [4.69, 9.17) is 14.2 Å². The first-order valence-corrected chi connectivity index (χ1v) is 28.2. The van der Waals surface area contributed by atoms with Crippen molar-refractivity contribution in [1.82, 2.24) is 0 Å². The Morgan fingerprint density at radius 2 is 0.586 bits per heavy atom. The lowest BCUT2D eigenvalue weighted by atomic mass is 10.1. The summed E-state index contributed by atoms with van der Waals surface area (Å²) in [5.41, 5.74) is 0. The normalized spacial score (nSPS) is 13.1. The maximum atomic E-state index is 12.8. The Bertz CT molecular complexity index is 1530. The predicted molar refractivity (Wildman–Crippen MR) is 302 cm³/mol. The number of unbranched alkanes of at least 4 members (excludes halogenated alkanes) is 19. The summed E-state index contributed by atoms with van der Waals surface area (Å²) in [7, 11) is 0. The topological polar surface area (TPSA) is 78.9 Å². The molecule has 0 aliphatic carbocycles. The number of esters is 3. The summed E-state index contributed by atoms with van der Waals surface area (Å²) in [6.07, 6.45) is 80.1. The molecule has 0 spiro atoms. The van der Waals surface area contributed by atoms with Gasteiger partial charge >= 0.3 is 17.9 Å². The molecule has 0 rings (SSSR count). The number of hydrogen-bond acceptors (Lipinski definition) is 6. The second-order valence-electron chi connectivity index (χ2n) is 18.2. The van der Waals surface area contributed by atoms with Crippen molar-refractivity contribution in [3.63, 3.8) is 0 Å². The largest absolute Gasteiger partial charge is 0.462 e. The highest BCUT2D eigenvalue weighted by Gasteiger charge is 2.19. The molecular formula is C64H102O6. The average Bonchev–Trinajstić information content (AvgIpc) is 3.36. The third-order valence-electron chi connectivity index (χ3n) is 11.4. The minimum absolute atomic E-state index is 0.132. The van der Waals surface area contributed by atoms with Gasteiger partial charge < -0.3 is 14.2 Å². The number of carbonyl (C=O) groups is 3. The number of allylic oxidation sites excluding steroid dienone is 22. The maximum Gasteiger partial charge on any atom is 0.306 e. The van der Waals surface area contributed by atoms with E-state index in [1.165, 1.54) is 89.9 Å². The van der Waals surface area contributed by atoms with Crippen LogP contribution in [0.5, 0.6) is 0 Å². The van der Waals surface area contributed by atoms with Crippen LogP contribution < -0.4 is 0 Å². The molecule has 394 valence electrons. The zero-order valence-electron chi connectivity index (χ0n) is 45.0. The third kappa shape index (κ3) is 54.5. The van der Waals surface area contributed by atoms with Crippen molar-refractivity contribution in [2.75, 3.05) is 13.2 Å². The van der Waals surface area contributed by atoms with E-state index >= 15 is 0 Å². The van der Waals surface area contributed by atoms with E-state index in [1.54, 1.807) is 0 Å². The van der Waals surface area contributed by atoms with Crippen LogP contribution in [-0.2, 0) is 28.6 Å². The lowest BCUT2D eigenvalue weighted by Gasteiger charge is -2.18. The molecule has 6 heteroatoms. The zero-order valence-corrected chi connectivity index (χ0v) is 45.0. The number of ether oxygens (including phenoxy) is 3. The Balaban J connectivity index is 4.63. The van der Waals surface area contributed by atoms with Crippen molar-refractivity contribution in [3.8, 4) is 0 Å². The minimum atomic E-state index is -0.842. The highest BCUT2D eigenvalue weighted by molar-refractivity contribution is 5.71. The fourth-order valence-electron chi connectivity index (χ4n) is 7.17. The van der Waals surface area contributed by atoms with Gasteiger partial charge in [-0.25, -0.2) is 0 Å². The van der Waals surface area contributed by atoms with Crippen molar-refractivity contribution in [2.24, 2.45) is 0 Å². The lowest BCUT2D eigenvalue weighted by Crippen LogP contribution is -2.30. The fraction of sp³-hybridized carbons (Fsp3) is 0.609. The fourth-order valence-corrected chi connectivity index (χ4v) is 7.17. The van der Waals surface area contributed by atoms with Crippen molar-refractivity contribution < 1.29 is 28.6 Å². The first-order chi connectivity index (χ1) is 34.5. The number of hydrogen-bond donors (Lipinski definition) is 0. The molecule has 1 atom stereocenters. The first-order valence-electron chi connectivity index (χ1n) is 28.2. The van der Waals surface area contributed by atoms with Crippen LogP contribution in [0.1, 0.15) is 233 Å². The summed E-state index contributed by atoms with van der Waals surface area (Å²) in [5, 5.41) is 0. The molecule has 0 aromatic heterocycles. The molecule has 0 heterocycles. The van der Waals surface area contributed by atoms with Crippen molar-refractivity contribution in [2.45, 2.75) is 239 Å². The second-order valence-corrected chi connectivity index (χ2v) is 18.2. The highest BCUT2D eigenvalue weighted by atomic mass is 16.6. The monoisotopic (exact) mass is 967 g/mol. The quantitative estimate of drug-likeness (QED) is 0.0199. The molecule has 70 heavy (non-hydrogen) atoms. The summed E-state index contributed by atoms with van der Waals surface area (Å²) in [4.78, 5) is 38.1. The molecule has 0 fully saturated rings. The Morgan fingerprint density at radius 3 is 1.01 bits per heavy atom. The summed E-state index contributed by atoms with van der Waals surface area (Å²) < 4.78 is 16.7. The summed E-state index contributed by atoms with van der Waals surface area (Å²) in [5.74, 6) is -1.07. The Hall–Kier alpha value is -4.45.